The van der Waals surface area contributed by atoms with Gasteiger partial charge in [-0.15, -0.1) is 0 Å². The molecule has 1 aliphatic carbocycles. The van der Waals surface area contributed by atoms with Gasteiger partial charge in [0.25, 0.3) is 0 Å². The predicted molar refractivity (Wildman–Crippen MR) is 63.8 cm³/mol. The lowest BCUT2D eigenvalue weighted by atomic mass is 10.2. The molecule has 0 unspecified atom stereocenters. The molecule has 0 amide bonds. The summed E-state index contributed by atoms with van der Waals surface area (Å²) >= 11 is 5.70. The SMILES string of the molecule is Clc1nccc(NC2=NCC(C3CC3)=C2)n1. The van der Waals surface area contributed by atoms with Gasteiger partial charge < -0.3 is 5.32 Å². The van der Waals surface area contributed by atoms with Gasteiger partial charge in [0, 0.05) is 6.20 Å². The maximum absolute atomic E-state index is 5.70. The van der Waals surface area contributed by atoms with Gasteiger partial charge in [-0.3, -0.25) is 4.99 Å². The molecule has 2 aliphatic rings. The van der Waals surface area contributed by atoms with Crippen LogP contribution in [0.1, 0.15) is 12.8 Å². The van der Waals surface area contributed by atoms with E-state index in [9.17, 15) is 0 Å². The Morgan fingerprint density at radius 1 is 1.38 bits per heavy atom. The van der Waals surface area contributed by atoms with Crippen LogP contribution in [0.2, 0.25) is 5.28 Å². The molecule has 1 aliphatic heterocycles. The van der Waals surface area contributed by atoms with Gasteiger partial charge in [-0.05, 0) is 48.1 Å². The van der Waals surface area contributed by atoms with Crippen molar-refractivity contribution in [1.82, 2.24) is 9.97 Å². The number of hydrogen-bond acceptors (Lipinski definition) is 4. The molecule has 1 fully saturated rings. The van der Waals surface area contributed by atoms with Gasteiger partial charge in [-0.2, -0.15) is 0 Å². The highest BCUT2D eigenvalue weighted by atomic mass is 35.5. The Kier molecular flexibility index (Phi) is 2.36. The largest absolute Gasteiger partial charge is 0.325 e. The monoisotopic (exact) mass is 234 g/mol. The second-order valence-electron chi connectivity index (χ2n) is 4.03. The highest BCUT2D eigenvalue weighted by Gasteiger charge is 2.27. The third-order valence-electron chi connectivity index (χ3n) is 2.74. The van der Waals surface area contributed by atoms with Gasteiger partial charge in [0.05, 0.1) is 6.54 Å². The molecule has 4 nitrogen and oxygen atoms in total. The van der Waals surface area contributed by atoms with Crippen molar-refractivity contribution in [2.24, 2.45) is 10.9 Å². The Balaban J connectivity index is 1.71. The van der Waals surface area contributed by atoms with Crippen LogP contribution in [0, 0.1) is 5.92 Å². The molecular weight excluding hydrogens is 224 g/mol. The van der Waals surface area contributed by atoms with Crippen LogP contribution in [0.25, 0.3) is 0 Å². The minimum atomic E-state index is 0.245. The Morgan fingerprint density at radius 3 is 3.00 bits per heavy atom. The number of nitrogens with zero attached hydrogens (tertiary/aromatic N) is 3. The van der Waals surface area contributed by atoms with Gasteiger partial charge >= 0.3 is 0 Å². The summed E-state index contributed by atoms with van der Waals surface area (Å²) in [7, 11) is 0. The number of anilines is 1. The summed E-state index contributed by atoms with van der Waals surface area (Å²) < 4.78 is 0. The number of nitrogens with one attached hydrogen (secondary N) is 1. The average Bonchev–Trinajstić information content (AvgIpc) is 3.01. The van der Waals surface area contributed by atoms with E-state index in [0.717, 1.165) is 18.3 Å². The van der Waals surface area contributed by atoms with Gasteiger partial charge in [0.2, 0.25) is 5.28 Å². The van der Waals surface area contributed by atoms with E-state index >= 15 is 0 Å². The lowest BCUT2D eigenvalue weighted by Gasteiger charge is -2.02. The normalized spacial score (nSPS) is 19.3. The first-order valence-corrected chi connectivity index (χ1v) is 5.69. The van der Waals surface area contributed by atoms with Gasteiger partial charge in [0.1, 0.15) is 11.7 Å². The first-order chi connectivity index (χ1) is 7.81. The summed E-state index contributed by atoms with van der Waals surface area (Å²) in [5.74, 6) is 2.33. The van der Waals surface area contributed by atoms with E-state index in [1.165, 1.54) is 18.4 Å². The van der Waals surface area contributed by atoms with Crippen molar-refractivity contribution in [3.8, 4) is 0 Å². The minimum Gasteiger partial charge on any atom is -0.325 e. The van der Waals surface area contributed by atoms with E-state index in [-0.39, 0.29) is 5.28 Å². The Labute approximate surface area is 98.5 Å². The Hall–Kier alpha value is -1.42. The number of rotatable bonds is 2. The smallest absolute Gasteiger partial charge is 0.224 e. The summed E-state index contributed by atoms with van der Waals surface area (Å²) in [6, 6.07) is 1.78. The van der Waals surface area contributed by atoms with E-state index < -0.39 is 0 Å². The van der Waals surface area contributed by atoms with Crippen molar-refractivity contribution < 1.29 is 0 Å². The lowest BCUT2D eigenvalue weighted by Crippen LogP contribution is -2.08. The first kappa shape index (κ1) is 9.78. The summed E-state index contributed by atoms with van der Waals surface area (Å²) in [5, 5.41) is 3.38. The molecule has 2 heterocycles. The van der Waals surface area contributed by atoms with Crippen LogP contribution in [0.4, 0.5) is 5.82 Å². The van der Waals surface area contributed by atoms with Gasteiger partial charge in [0.15, 0.2) is 0 Å². The minimum absolute atomic E-state index is 0.245. The van der Waals surface area contributed by atoms with Crippen molar-refractivity contribution >= 4 is 23.3 Å². The molecule has 0 aromatic carbocycles. The number of amidine groups is 1. The number of aromatic nitrogens is 2. The number of hydrogen-bond donors (Lipinski definition) is 1. The average molecular weight is 235 g/mol. The molecule has 5 heteroatoms. The van der Waals surface area contributed by atoms with E-state index in [1.54, 1.807) is 12.3 Å². The molecule has 1 aromatic heterocycles. The van der Waals surface area contributed by atoms with Crippen LogP contribution in [-0.2, 0) is 0 Å². The molecular formula is C11H11ClN4. The quantitative estimate of drug-likeness (QED) is 0.799. The molecule has 0 bridgehead atoms. The molecule has 0 saturated heterocycles. The van der Waals surface area contributed by atoms with Crippen LogP contribution in [-0.4, -0.2) is 22.3 Å². The zero-order valence-corrected chi connectivity index (χ0v) is 9.41. The number of halogens is 1. The summed E-state index contributed by atoms with van der Waals surface area (Å²) in [5.41, 5.74) is 1.43. The summed E-state index contributed by atoms with van der Waals surface area (Å²) in [6.07, 6.45) is 6.37. The van der Waals surface area contributed by atoms with Crippen molar-refractivity contribution in [2.75, 3.05) is 11.9 Å². The van der Waals surface area contributed by atoms with Crippen LogP contribution >= 0.6 is 11.6 Å². The van der Waals surface area contributed by atoms with E-state index in [1.807, 2.05) is 0 Å². The molecule has 1 N–H and O–H groups in total. The molecule has 0 radical (unpaired) electrons. The molecule has 0 atom stereocenters. The predicted octanol–water partition coefficient (Wildman–Crippen LogP) is 2.29. The van der Waals surface area contributed by atoms with Crippen molar-refractivity contribution in [1.29, 1.82) is 0 Å². The second-order valence-corrected chi connectivity index (χ2v) is 4.37. The third-order valence-corrected chi connectivity index (χ3v) is 2.92. The highest BCUT2D eigenvalue weighted by molar-refractivity contribution is 6.28. The summed E-state index contributed by atoms with van der Waals surface area (Å²) in [4.78, 5) is 12.3. The van der Waals surface area contributed by atoms with Crippen LogP contribution < -0.4 is 5.32 Å². The highest BCUT2D eigenvalue weighted by Crippen LogP contribution is 2.37. The van der Waals surface area contributed by atoms with Crippen LogP contribution in [0.3, 0.4) is 0 Å². The van der Waals surface area contributed by atoms with Gasteiger partial charge in [-0.25, -0.2) is 9.97 Å². The number of aliphatic imine (C=N–C) groups is 1. The lowest BCUT2D eigenvalue weighted by molar-refractivity contribution is 0.959. The zero-order valence-electron chi connectivity index (χ0n) is 8.65. The fraction of sp³-hybridized carbons (Fsp3) is 0.364. The fourth-order valence-electron chi connectivity index (χ4n) is 1.76. The maximum atomic E-state index is 5.70. The topological polar surface area (TPSA) is 50.2 Å². The molecule has 0 spiro atoms. The van der Waals surface area contributed by atoms with Crippen LogP contribution in [0.5, 0.6) is 0 Å². The molecule has 16 heavy (non-hydrogen) atoms. The fourth-order valence-corrected chi connectivity index (χ4v) is 1.90. The Morgan fingerprint density at radius 2 is 2.25 bits per heavy atom. The summed E-state index contributed by atoms with van der Waals surface area (Å²) in [6.45, 7) is 0.825. The van der Waals surface area contributed by atoms with Gasteiger partial charge in [-0.1, -0.05) is 0 Å². The third kappa shape index (κ3) is 2.07. The standard InChI is InChI=1S/C11H11ClN4/c12-11-13-4-3-9(16-11)15-10-5-8(6-14-10)7-1-2-7/h3-5,7H,1-2,6H2,(H,13,14,15,16). The van der Waals surface area contributed by atoms with Crippen LogP contribution in [0.15, 0.2) is 28.9 Å². The first-order valence-electron chi connectivity index (χ1n) is 5.32. The van der Waals surface area contributed by atoms with Crippen molar-refractivity contribution in [3.63, 3.8) is 0 Å². The zero-order chi connectivity index (χ0) is 11.0. The van der Waals surface area contributed by atoms with E-state index in [0.29, 0.717) is 5.82 Å². The molecule has 3 rings (SSSR count). The Bertz CT molecular complexity index is 477. The molecule has 1 aromatic rings. The second kappa shape index (κ2) is 3.87. The van der Waals surface area contributed by atoms with E-state index in [4.69, 9.17) is 11.6 Å². The molecule has 82 valence electrons. The van der Waals surface area contributed by atoms with E-state index in [2.05, 4.69) is 26.4 Å². The maximum Gasteiger partial charge on any atom is 0.224 e. The van der Waals surface area contributed by atoms with Crippen molar-refractivity contribution in [2.45, 2.75) is 12.8 Å². The van der Waals surface area contributed by atoms with Crippen molar-refractivity contribution in [3.05, 3.63) is 29.2 Å². The molecule has 1 saturated carbocycles.